The predicted octanol–water partition coefficient (Wildman–Crippen LogP) is 9.49. The van der Waals surface area contributed by atoms with Gasteiger partial charge in [0, 0.05) is 35.8 Å². The van der Waals surface area contributed by atoms with Crippen LogP contribution < -0.4 is 9.64 Å². The molecule has 3 aromatic carbocycles. The van der Waals surface area contributed by atoms with E-state index in [0.29, 0.717) is 47.4 Å². The molecule has 248 valence electrons. The highest BCUT2D eigenvalue weighted by Gasteiger charge is 2.26. The van der Waals surface area contributed by atoms with Gasteiger partial charge in [0.05, 0.1) is 22.3 Å². The Kier molecular flexibility index (Phi) is 10.7. The molecule has 1 atom stereocenters. The molecule has 8 nitrogen and oxygen atoms in total. The summed E-state index contributed by atoms with van der Waals surface area (Å²) in [6.07, 6.45) is 12.0. The van der Waals surface area contributed by atoms with Crippen LogP contribution in [0, 0.1) is 16.5 Å². The number of benzene rings is 3. The second-order valence-corrected chi connectivity index (χ2v) is 11.7. The summed E-state index contributed by atoms with van der Waals surface area (Å²) in [7, 11) is 0. The number of ether oxygens (including phenoxy) is 1. The van der Waals surface area contributed by atoms with Gasteiger partial charge in [-0.3, -0.25) is 9.59 Å². The maximum Gasteiger partial charge on any atom is 0.316 e. The minimum absolute atomic E-state index is 0.0121. The van der Waals surface area contributed by atoms with Crippen molar-refractivity contribution in [1.29, 1.82) is 0 Å². The van der Waals surface area contributed by atoms with Gasteiger partial charge in [-0.15, -0.1) is 4.91 Å². The van der Waals surface area contributed by atoms with Gasteiger partial charge in [-0.25, -0.2) is 13.8 Å². The second kappa shape index (κ2) is 15.1. The molecular formula is C38H38F2N4O4. The molecule has 2 amide bonds. The lowest BCUT2D eigenvalue weighted by Gasteiger charge is -2.21. The monoisotopic (exact) mass is 652 g/mol. The first-order valence-corrected chi connectivity index (χ1v) is 16.1. The van der Waals surface area contributed by atoms with Crippen LogP contribution in [0.5, 0.6) is 5.75 Å². The van der Waals surface area contributed by atoms with Crippen LogP contribution in [-0.4, -0.2) is 27.9 Å². The lowest BCUT2D eigenvalue weighted by Crippen LogP contribution is -2.25. The highest BCUT2D eigenvalue weighted by molar-refractivity contribution is 5.98. The molecule has 10 heteroatoms. The number of carbonyl (C=O) groups excluding carboxylic acids is 2. The molecule has 1 fully saturated rings. The van der Waals surface area contributed by atoms with Gasteiger partial charge in [0.15, 0.2) is 0 Å². The molecule has 48 heavy (non-hydrogen) atoms. The summed E-state index contributed by atoms with van der Waals surface area (Å²) >= 11 is 0. The Labute approximate surface area is 278 Å². The van der Waals surface area contributed by atoms with Gasteiger partial charge in [-0.1, -0.05) is 43.7 Å². The molecule has 1 saturated heterocycles. The van der Waals surface area contributed by atoms with Crippen molar-refractivity contribution in [2.75, 3.05) is 11.4 Å². The summed E-state index contributed by atoms with van der Waals surface area (Å²) < 4.78 is 39.5. The molecule has 1 aliphatic rings. The van der Waals surface area contributed by atoms with E-state index in [-0.39, 0.29) is 41.1 Å². The molecule has 1 aromatic heterocycles. The van der Waals surface area contributed by atoms with Crippen LogP contribution in [0.3, 0.4) is 0 Å². The minimum Gasteiger partial charge on any atom is -0.489 e. The molecular weight excluding hydrogens is 614 g/mol. The van der Waals surface area contributed by atoms with Crippen molar-refractivity contribution in [3.8, 4) is 17.1 Å². The van der Waals surface area contributed by atoms with Gasteiger partial charge in [-0.2, -0.15) is 0 Å². The van der Waals surface area contributed by atoms with Crippen molar-refractivity contribution in [2.45, 2.75) is 66.0 Å². The molecule has 0 radical (unpaired) electrons. The molecule has 2 heterocycles. The molecule has 0 saturated carbocycles. The third-order valence-electron chi connectivity index (χ3n) is 8.40. The van der Waals surface area contributed by atoms with Crippen LogP contribution in [0.15, 0.2) is 84.1 Å². The number of hydrogen-bond donors (Lipinski definition) is 0. The zero-order chi connectivity index (χ0) is 34.4. The van der Waals surface area contributed by atoms with Crippen LogP contribution in [0.25, 0.3) is 28.0 Å². The van der Waals surface area contributed by atoms with Crippen LogP contribution in [0.4, 0.5) is 14.5 Å². The van der Waals surface area contributed by atoms with E-state index >= 15 is 8.78 Å². The first kappa shape index (κ1) is 34.1. The Morgan fingerprint density at radius 2 is 1.90 bits per heavy atom. The van der Waals surface area contributed by atoms with Gasteiger partial charge in [-0.05, 0) is 92.8 Å². The van der Waals surface area contributed by atoms with Crippen molar-refractivity contribution in [2.24, 2.45) is 5.18 Å². The Morgan fingerprint density at radius 1 is 1.08 bits per heavy atom. The normalized spacial score (nSPS) is 14.5. The summed E-state index contributed by atoms with van der Waals surface area (Å²) in [5, 5.41) is 2.51. The number of carbonyl (C=O) groups is 2. The fourth-order valence-corrected chi connectivity index (χ4v) is 6.11. The van der Waals surface area contributed by atoms with Gasteiger partial charge in [0.2, 0.25) is 5.91 Å². The fourth-order valence-electron chi connectivity index (χ4n) is 6.11. The number of imidazole rings is 1. The van der Waals surface area contributed by atoms with E-state index in [1.165, 1.54) is 29.2 Å². The standard InChI is InChI=1S/C38H38F2N4O4/c1-5-8-12-25(11-7-3)30-22-32(40)35(43-18-9-13-36(43)45)20-27(30)23-48-28-15-16-29(31(39)21-28)37-41-33-19-26(38(46)42-47)14-17-34(33)44(37)24(4)10-6-2/h5,7-8,11-12,14-17,19-22,24H,6,9-10,13,18,23H2,1-4H3/b8-5+,11-7-,25-12+. The number of nitroso groups, excluding NO2 is 1. The Hall–Kier alpha value is -5.25. The van der Waals surface area contributed by atoms with Crippen molar-refractivity contribution >= 4 is 34.1 Å². The number of amides is 2. The molecule has 4 aromatic rings. The minimum atomic E-state index is -0.902. The lowest BCUT2D eigenvalue weighted by molar-refractivity contribution is -0.117. The first-order valence-electron chi connectivity index (χ1n) is 16.1. The van der Waals surface area contributed by atoms with Crippen molar-refractivity contribution in [1.82, 2.24) is 9.55 Å². The maximum absolute atomic E-state index is 15.9. The highest BCUT2D eigenvalue weighted by atomic mass is 19.1. The summed E-state index contributed by atoms with van der Waals surface area (Å²) in [4.78, 5) is 41.4. The summed E-state index contributed by atoms with van der Waals surface area (Å²) in [5.41, 5.74) is 3.67. The van der Waals surface area contributed by atoms with Crippen LogP contribution >= 0.6 is 0 Å². The number of anilines is 1. The maximum atomic E-state index is 15.9. The van der Waals surface area contributed by atoms with E-state index in [0.717, 1.165) is 18.4 Å². The highest BCUT2D eigenvalue weighted by Crippen LogP contribution is 2.35. The van der Waals surface area contributed by atoms with E-state index in [4.69, 9.17) is 4.74 Å². The zero-order valence-electron chi connectivity index (χ0n) is 27.5. The number of fused-ring (bicyclic) bond motifs is 1. The summed E-state index contributed by atoms with van der Waals surface area (Å²) in [6, 6.07) is 12.3. The third-order valence-corrected chi connectivity index (χ3v) is 8.40. The van der Waals surface area contributed by atoms with E-state index in [1.807, 2.05) is 55.7 Å². The predicted molar refractivity (Wildman–Crippen MR) is 185 cm³/mol. The number of allylic oxidation sites excluding steroid dienone is 6. The van der Waals surface area contributed by atoms with E-state index in [1.54, 1.807) is 24.3 Å². The summed E-state index contributed by atoms with van der Waals surface area (Å²) in [5.74, 6) is -1.47. The number of halogens is 2. The number of aromatic nitrogens is 2. The van der Waals surface area contributed by atoms with E-state index in [2.05, 4.69) is 17.1 Å². The third kappa shape index (κ3) is 7.02. The van der Waals surface area contributed by atoms with Gasteiger partial charge >= 0.3 is 5.91 Å². The average Bonchev–Trinajstić information content (AvgIpc) is 3.68. The molecule has 5 rings (SSSR count). The molecule has 1 unspecified atom stereocenters. The number of rotatable bonds is 12. The van der Waals surface area contributed by atoms with Gasteiger partial charge < -0.3 is 14.2 Å². The second-order valence-electron chi connectivity index (χ2n) is 11.7. The molecule has 0 bridgehead atoms. The van der Waals surface area contributed by atoms with E-state index < -0.39 is 17.5 Å². The molecule has 0 spiro atoms. The molecule has 1 aliphatic heterocycles. The Balaban J connectivity index is 1.52. The van der Waals surface area contributed by atoms with Crippen LogP contribution in [0.2, 0.25) is 0 Å². The number of nitrogens with zero attached hydrogens (tertiary/aromatic N) is 4. The molecule has 0 N–H and O–H groups in total. The molecule has 0 aliphatic carbocycles. The van der Waals surface area contributed by atoms with Crippen LogP contribution in [-0.2, 0) is 11.4 Å². The lowest BCUT2D eigenvalue weighted by atomic mass is 9.97. The Morgan fingerprint density at radius 3 is 2.56 bits per heavy atom. The summed E-state index contributed by atoms with van der Waals surface area (Å²) in [6.45, 7) is 8.26. The fraction of sp³-hybridized carbons (Fsp3) is 0.289. The van der Waals surface area contributed by atoms with Crippen molar-refractivity contribution in [3.63, 3.8) is 0 Å². The largest absolute Gasteiger partial charge is 0.489 e. The first-order chi connectivity index (χ1) is 23.2. The van der Waals surface area contributed by atoms with Crippen molar-refractivity contribution < 1.29 is 23.1 Å². The van der Waals surface area contributed by atoms with Crippen LogP contribution in [0.1, 0.15) is 80.9 Å². The van der Waals surface area contributed by atoms with E-state index in [9.17, 15) is 14.5 Å². The smallest absolute Gasteiger partial charge is 0.316 e. The quantitative estimate of drug-likeness (QED) is 0.112. The van der Waals surface area contributed by atoms with Gasteiger partial charge in [0.1, 0.15) is 29.8 Å². The Bertz CT molecular complexity index is 1960. The van der Waals surface area contributed by atoms with Gasteiger partial charge in [0.25, 0.3) is 0 Å². The number of hydrogen-bond acceptors (Lipinski definition) is 5. The zero-order valence-corrected chi connectivity index (χ0v) is 27.5. The topological polar surface area (TPSA) is 93.9 Å². The average molecular weight is 653 g/mol. The SMILES string of the molecule is C\C=C/C(=C\C=C\C)c1cc(F)c(N2CCCC2=O)cc1COc1ccc(-c2nc3cc(C(=O)N=O)ccc3n2C(C)CCC)c(F)c1. The van der Waals surface area contributed by atoms with Crippen molar-refractivity contribution in [3.05, 3.63) is 112 Å².